The number of nitrogens with zero attached hydrogens (tertiary/aromatic N) is 1. The van der Waals surface area contributed by atoms with Gasteiger partial charge in [-0.05, 0) is 25.3 Å². The zero-order valence-electron chi connectivity index (χ0n) is 32.4. The van der Waals surface area contributed by atoms with Gasteiger partial charge in [0.15, 0.2) is 6.23 Å². The molecule has 1 aliphatic rings. The predicted molar refractivity (Wildman–Crippen MR) is 204 cm³/mol. The van der Waals surface area contributed by atoms with E-state index in [1.54, 1.807) is 4.90 Å². The molecule has 0 saturated carbocycles. The second kappa shape index (κ2) is 27.8. The highest BCUT2D eigenvalue weighted by molar-refractivity contribution is 5.85. The summed E-state index contributed by atoms with van der Waals surface area (Å²) in [7, 11) is 0. The smallest absolute Gasteiger partial charge is 0.408 e. The van der Waals surface area contributed by atoms with E-state index in [0.717, 1.165) is 44.1 Å². The number of nitrogens with one attached hydrogen (secondary N) is 2. The molecule has 3 amide bonds. The number of amides is 3. The van der Waals surface area contributed by atoms with Gasteiger partial charge in [0.05, 0.1) is 6.61 Å². The summed E-state index contributed by atoms with van der Waals surface area (Å²) < 4.78 is 11.4. The molecule has 0 bridgehead atoms. The Labute approximate surface area is 313 Å². The zero-order chi connectivity index (χ0) is 38.0. The van der Waals surface area contributed by atoms with Crippen molar-refractivity contribution in [3.05, 3.63) is 35.9 Å². The molecule has 0 unspecified atom stereocenters. The third kappa shape index (κ3) is 17.9. The average molecular weight is 734 g/mol. The average Bonchev–Trinajstić information content (AvgIpc) is 3.15. The summed E-state index contributed by atoms with van der Waals surface area (Å²) in [6.45, 7) is 5.72. The first-order valence-corrected chi connectivity index (χ1v) is 20.4. The molecule has 298 valence electrons. The Morgan fingerprint density at radius 1 is 0.769 bits per heavy atom. The fraction of sp³-hybridized carbons (Fsp3) is 0.780. The number of hydrogen-bond donors (Lipinski definition) is 5. The second-order valence-electron chi connectivity index (χ2n) is 14.5. The molecule has 11 heteroatoms. The lowest BCUT2D eigenvalue weighted by atomic mass is 9.94. The molecule has 1 aliphatic heterocycles. The molecule has 1 heterocycles. The van der Waals surface area contributed by atoms with E-state index in [1.165, 1.54) is 77.6 Å². The summed E-state index contributed by atoms with van der Waals surface area (Å²) in [5.74, 6) is -0.798. The Morgan fingerprint density at radius 2 is 1.29 bits per heavy atom. The van der Waals surface area contributed by atoms with Gasteiger partial charge >= 0.3 is 6.09 Å². The van der Waals surface area contributed by atoms with Crippen LogP contribution in [0.5, 0.6) is 0 Å². The van der Waals surface area contributed by atoms with Crippen LogP contribution in [0.1, 0.15) is 155 Å². The van der Waals surface area contributed by atoms with E-state index in [-0.39, 0.29) is 12.5 Å². The van der Waals surface area contributed by atoms with Crippen LogP contribution in [0.2, 0.25) is 0 Å². The van der Waals surface area contributed by atoms with Gasteiger partial charge in [-0.25, -0.2) is 4.79 Å². The van der Waals surface area contributed by atoms with Crippen molar-refractivity contribution in [2.45, 2.75) is 192 Å². The third-order valence-corrected chi connectivity index (χ3v) is 10.0. The number of alkyl carbamates (subject to hydrolysis) is 1. The first-order chi connectivity index (χ1) is 25.2. The van der Waals surface area contributed by atoms with E-state index in [4.69, 9.17) is 9.47 Å². The molecular weight excluding hydrogens is 662 g/mol. The Morgan fingerprint density at radius 3 is 1.83 bits per heavy atom. The largest absolute Gasteiger partial charge is 0.445 e. The highest BCUT2D eigenvalue weighted by Gasteiger charge is 2.48. The monoisotopic (exact) mass is 734 g/mol. The maximum absolute atomic E-state index is 13.9. The SMILES string of the molecule is CCCCCCCCCCCCN(C(=O)CCCCCCCCCCC)[C@@H]1O[C@H](CO)[C@@H](O)[C@H](O)[C@H]1NC(=O)[C@H](C)NC(=O)OCc1ccccc1. The van der Waals surface area contributed by atoms with Crippen molar-refractivity contribution in [3.8, 4) is 0 Å². The molecule has 1 aromatic carbocycles. The van der Waals surface area contributed by atoms with Gasteiger partial charge < -0.3 is 40.3 Å². The van der Waals surface area contributed by atoms with Crippen molar-refractivity contribution in [1.82, 2.24) is 15.5 Å². The predicted octanol–water partition coefficient (Wildman–Crippen LogP) is 6.90. The molecule has 1 saturated heterocycles. The fourth-order valence-electron chi connectivity index (χ4n) is 6.71. The normalized spacial score (nSPS) is 20.6. The Balaban J connectivity index is 2.07. The van der Waals surface area contributed by atoms with E-state index in [1.807, 2.05) is 30.3 Å². The van der Waals surface area contributed by atoms with Gasteiger partial charge in [0.1, 0.15) is 37.0 Å². The van der Waals surface area contributed by atoms with Crippen molar-refractivity contribution < 1.29 is 39.2 Å². The number of unbranched alkanes of at least 4 members (excludes halogenated alkanes) is 17. The van der Waals surface area contributed by atoms with E-state index in [0.29, 0.717) is 25.8 Å². The van der Waals surface area contributed by atoms with E-state index < -0.39 is 55.2 Å². The molecule has 5 N–H and O–H groups in total. The minimum atomic E-state index is -1.53. The first-order valence-electron chi connectivity index (χ1n) is 20.4. The summed E-state index contributed by atoms with van der Waals surface area (Å²) >= 11 is 0. The highest BCUT2D eigenvalue weighted by atomic mass is 16.6. The quantitative estimate of drug-likeness (QED) is 0.0583. The lowest BCUT2D eigenvalue weighted by Gasteiger charge is -2.47. The van der Waals surface area contributed by atoms with Crippen molar-refractivity contribution >= 4 is 17.9 Å². The molecule has 0 spiro atoms. The molecule has 11 nitrogen and oxygen atoms in total. The van der Waals surface area contributed by atoms with Crippen LogP contribution in [0.4, 0.5) is 4.79 Å². The highest BCUT2D eigenvalue weighted by Crippen LogP contribution is 2.26. The zero-order valence-corrected chi connectivity index (χ0v) is 32.4. The summed E-state index contributed by atoms with van der Waals surface area (Å²) in [6.07, 6.45) is 15.6. The van der Waals surface area contributed by atoms with Gasteiger partial charge in [0.25, 0.3) is 0 Å². The molecule has 1 aromatic rings. The summed E-state index contributed by atoms with van der Waals surface area (Å²) in [6, 6.07) is 6.89. The number of hydrogen-bond acceptors (Lipinski definition) is 8. The van der Waals surface area contributed by atoms with Gasteiger partial charge in [-0.1, -0.05) is 153 Å². The molecule has 6 atom stereocenters. The number of aliphatic hydroxyl groups excluding tert-OH is 3. The Hall–Kier alpha value is -2.73. The summed E-state index contributed by atoms with van der Waals surface area (Å²) in [5, 5.41) is 37.3. The number of carbonyl (C=O) groups excluding carboxylic acids is 3. The molecule has 1 fully saturated rings. The standard InChI is InChI=1S/C41H71N3O8/c1-4-6-8-10-12-14-16-18-20-25-29-44(35(46)28-24-19-17-15-13-11-9-7-5-2)40-36(38(48)37(47)34(30-45)52-40)43-39(49)32(3)42-41(50)51-31-33-26-22-21-23-27-33/h21-23,26-27,32,34,36-38,40,45,47-48H,4-20,24-25,28-31H2,1-3H3,(H,42,50)(H,43,49)/t32-,34+,36+,37+,38+,40+/m0/s1. The van der Waals surface area contributed by atoms with Crippen molar-refractivity contribution in [3.63, 3.8) is 0 Å². The minimum Gasteiger partial charge on any atom is -0.445 e. The molecule has 0 aliphatic carbocycles. The van der Waals surface area contributed by atoms with E-state index in [2.05, 4.69) is 24.5 Å². The van der Waals surface area contributed by atoms with Crippen molar-refractivity contribution in [1.29, 1.82) is 0 Å². The number of aliphatic hydroxyl groups is 3. The van der Waals surface area contributed by atoms with Crippen LogP contribution in [0.15, 0.2) is 30.3 Å². The Kier molecular flexibility index (Phi) is 24.3. The molecule has 52 heavy (non-hydrogen) atoms. The summed E-state index contributed by atoms with van der Waals surface area (Å²) in [5.41, 5.74) is 0.794. The number of carbonyl (C=O) groups is 3. The van der Waals surface area contributed by atoms with Crippen LogP contribution in [0.25, 0.3) is 0 Å². The van der Waals surface area contributed by atoms with Crippen LogP contribution in [-0.2, 0) is 25.7 Å². The van der Waals surface area contributed by atoms with Crippen molar-refractivity contribution in [2.24, 2.45) is 0 Å². The lowest BCUT2D eigenvalue weighted by Crippen LogP contribution is -2.69. The summed E-state index contributed by atoms with van der Waals surface area (Å²) in [4.78, 5) is 41.3. The Bertz CT molecular complexity index is 1090. The second-order valence-corrected chi connectivity index (χ2v) is 14.5. The van der Waals surface area contributed by atoms with Crippen LogP contribution in [0, 0.1) is 0 Å². The molecule has 2 rings (SSSR count). The molecular formula is C41H71N3O8. The van der Waals surface area contributed by atoms with Gasteiger partial charge in [-0.2, -0.15) is 0 Å². The van der Waals surface area contributed by atoms with Gasteiger partial charge in [0.2, 0.25) is 11.8 Å². The topological polar surface area (TPSA) is 158 Å². The van der Waals surface area contributed by atoms with Gasteiger partial charge in [-0.15, -0.1) is 0 Å². The lowest BCUT2D eigenvalue weighted by molar-refractivity contribution is -0.231. The van der Waals surface area contributed by atoms with Gasteiger partial charge in [-0.3, -0.25) is 9.59 Å². The third-order valence-electron chi connectivity index (χ3n) is 10.0. The van der Waals surface area contributed by atoms with E-state index in [9.17, 15) is 29.7 Å². The number of rotatable bonds is 28. The van der Waals surface area contributed by atoms with Crippen LogP contribution >= 0.6 is 0 Å². The van der Waals surface area contributed by atoms with Crippen molar-refractivity contribution in [2.75, 3.05) is 13.2 Å². The fourth-order valence-corrected chi connectivity index (χ4v) is 6.71. The number of benzene rings is 1. The molecule has 0 radical (unpaired) electrons. The number of ether oxygens (including phenoxy) is 2. The van der Waals surface area contributed by atoms with Crippen LogP contribution in [0.3, 0.4) is 0 Å². The van der Waals surface area contributed by atoms with Gasteiger partial charge in [0, 0.05) is 13.0 Å². The molecule has 0 aromatic heterocycles. The maximum Gasteiger partial charge on any atom is 0.408 e. The van der Waals surface area contributed by atoms with E-state index >= 15 is 0 Å². The maximum atomic E-state index is 13.9. The first kappa shape index (κ1) is 45.4. The van der Waals surface area contributed by atoms with Crippen LogP contribution in [-0.4, -0.2) is 87.9 Å². The van der Waals surface area contributed by atoms with Crippen LogP contribution < -0.4 is 10.6 Å². The minimum absolute atomic E-state index is 0.0298.